The molecule has 1 aliphatic heterocycles. The summed E-state index contributed by atoms with van der Waals surface area (Å²) in [4.78, 5) is 29.4. The van der Waals surface area contributed by atoms with Crippen molar-refractivity contribution in [1.29, 1.82) is 0 Å². The molecule has 198 valence electrons. The maximum atomic E-state index is 12.5. The molecule has 38 heavy (non-hydrogen) atoms. The zero-order chi connectivity index (χ0) is 27.1. The van der Waals surface area contributed by atoms with Crippen molar-refractivity contribution in [3.63, 3.8) is 0 Å². The Hall–Kier alpha value is -4.54. The number of alkyl halides is 3. The van der Waals surface area contributed by atoms with Crippen LogP contribution in [0.1, 0.15) is 33.9 Å². The third kappa shape index (κ3) is 7.25. The lowest BCUT2D eigenvalue weighted by Crippen LogP contribution is -2.28. The van der Waals surface area contributed by atoms with Crippen LogP contribution in [0.3, 0.4) is 0 Å². The van der Waals surface area contributed by atoms with Crippen LogP contribution in [0.5, 0.6) is 5.75 Å². The van der Waals surface area contributed by atoms with Gasteiger partial charge in [-0.05, 0) is 47.5 Å². The molecule has 1 aliphatic rings. The molecule has 0 spiro atoms. The van der Waals surface area contributed by atoms with Crippen LogP contribution >= 0.6 is 0 Å². The molecular formula is C27H24F3N3O5. The molecule has 1 amide bonds. The predicted octanol–water partition coefficient (Wildman–Crippen LogP) is 5.05. The highest BCUT2D eigenvalue weighted by molar-refractivity contribution is 5.94. The van der Waals surface area contributed by atoms with Crippen molar-refractivity contribution in [3.05, 3.63) is 95.6 Å². The number of benzene rings is 3. The minimum atomic E-state index is -4.78. The predicted molar refractivity (Wildman–Crippen MR) is 132 cm³/mol. The number of carbonyl (C=O) groups excluding carboxylic acids is 1. The number of rotatable bonds is 9. The second-order valence-corrected chi connectivity index (χ2v) is 8.40. The highest BCUT2D eigenvalue weighted by Crippen LogP contribution is 2.32. The highest BCUT2D eigenvalue weighted by atomic mass is 19.4. The molecule has 0 aromatic heterocycles. The number of carbonyl (C=O) groups is 2. The lowest BCUT2D eigenvalue weighted by atomic mass is 10.0. The average molecular weight is 527 g/mol. The Balaban J connectivity index is 1.54. The summed E-state index contributed by atoms with van der Waals surface area (Å²) in [5, 5.41) is 11.3. The Morgan fingerprint density at radius 2 is 1.71 bits per heavy atom. The van der Waals surface area contributed by atoms with Crippen molar-refractivity contribution in [2.75, 3.05) is 13.2 Å². The minimum absolute atomic E-state index is 0.0281. The van der Waals surface area contributed by atoms with E-state index in [0.717, 1.165) is 11.1 Å². The summed E-state index contributed by atoms with van der Waals surface area (Å²) in [6.45, 7) is 0.752. The Morgan fingerprint density at radius 1 is 1.03 bits per heavy atom. The van der Waals surface area contributed by atoms with Crippen LogP contribution in [0, 0.1) is 0 Å². The Labute approximate surface area is 216 Å². The number of aliphatic carboxylic acids is 1. The first-order valence-electron chi connectivity index (χ1n) is 11.7. The SMILES string of the molecule is O=C(O)CCNC(=O)c1ccc(C2COC(=Nc3ccc(OC(F)(F)F)cc3)N2Cc2ccccc2)cc1. The zero-order valence-electron chi connectivity index (χ0n) is 20.0. The monoisotopic (exact) mass is 527 g/mol. The number of amides is 1. The number of hydrogen-bond donors (Lipinski definition) is 2. The van der Waals surface area contributed by atoms with E-state index in [0.29, 0.717) is 23.8 Å². The Bertz CT molecular complexity index is 1280. The molecule has 0 saturated carbocycles. The van der Waals surface area contributed by atoms with E-state index in [9.17, 15) is 22.8 Å². The number of carboxylic acid groups (broad SMARTS) is 1. The largest absolute Gasteiger partial charge is 0.573 e. The zero-order valence-corrected chi connectivity index (χ0v) is 20.0. The quantitative estimate of drug-likeness (QED) is 0.404. The number of aliphatic imine (C=N–C) groups is 1. The van der Waals surface area contributed by atoms with Gasteiger partial charge in [-0.25, -0.2) is 0 Å². The summed E-state index contributed by atoms with van der Waals surface area (Å²) in [6, 6.07) is 21.8. The number of carboxylic acids is 1. The van der Waals surface area contributed by atoms with Crippen molar-refractivity contribution in [3.8, 4) is 5.75 Å². The van der Waals surface area contributed by atoms with Gasteiger partial charge in [0.15, 0.2) is 0 Å². The van der Waals surface area contributed by atoms with Gasteiger partial charge < -0.3 is 24.8 Å². The summed E-state index contributed by atoms with van der Waals surface area (Å²) >= 11 is 0. The molecular weight excluding hydrogens is 503 g/mol. The molecule has 11 heteroatoms. The van der Waals surface area contributed by atoms with Crippen molar-refractivity contribution in [2.24, 2.45) is 4.99 Å². The summed E-state index contributed by atoms with van der Waals surface area (Å²) in [5.41, 5.74) is 2.64. The van der Waals surface area contributed by atoms with Crippen molar-refractivity contribution in [2.45, 2.75) is 25.4 Å². The number of nitrogens with zero attached hydrogens (tertiary/aromatic N) is 2. The van der Waals surface area contributed by atoms with E-state index >= 15 is 0 Å². The van der Waals surface area contributed by atoms with Gasteiger partial charge in [-0.2, -0.15) is 4.99 Å². The average Bonchev–Trinajstić information content (AvgIpc) is 3.26. The first-order valence-corrected chi connectivity index (χ1v) is 11.7. The van der Waals surface area contributed by atoms with E-state index in [1.807, 2.05) is 35.2 Å². The first-order chi connectivity index (χ1) is 18.2. The van der Waals surface area contributed by atoms with E-state index in [-0.39, 0.29) is 37.3 Å². The normalized spacial score (nSPS) is 16.2. The third-order valence-electron chi connectivity index (χ3n) is 5.67. The smallest absolute Gasteiger partial charge is 0.481 e. The third-order valence-corrected chi connectivity index (χ3v) is 5.67. The number of amidine groups is 1. The summed E-state index contributed by atoms with van der Waals surface area (Å²) in [5.74, 6) is -1.72. The molecule has 1 atom stereocenters. The van der Waals surface area contributed by atoms with Crippen LogP contribution < -0.4 is 10.1 Å². The molecule has 4 rings (SSSR count). The van der Waals surface area contributed by atoms with Crippen LogP contribution in [0.25, 0.3) is 0 Å². The summed E-state index contributed by atoms with van der Waals surface area (Å²) in [7, 11) is 0. The molecule has 0 radical (unpaired) electrons. The van der Waals surface area contributed by atoms with Gasteiger partial charge in [-0.15, -0.1) is 13.2 Å². The van der Waals surface area contributed by atoms with Gasteiger partial charge in [-0.3, -0.25) is 9.59 Å². The van der Waals surface area contributed by atoms with Crippen LogP contribution in [-0.2, 0) is 16.1 Å². The van der Waals surface area contributed by atoms with Crippen LogP contribution in [0.4, 0.5) is 18.9 Å². The van der Waals surface area contributed by atoms with E-state index in [4.69, 9.17) is 9.84 Å². The second kappa shape index (κ2) is 11.7. The standard InChI is InChI=1S/C27H24F3N3O5/c28-27(29,30)38-22-12-10-21(11-13-22)32-26-33(16-18-4-2-1-3-5-18)23(17-37-26)19-6-8-20(9-7-19)25(36)31-15-14-24(34)35/h1-13,23H,14-17H2,(H,31,36)(H,34,35). The molecule has 2 N–H and O–H groups in total. The Morgan fingerprint density at radius 3 is 2.34 bits per heavy atom. The van der Waals surface area contributed by atoms with Gasteiger partial charge in [0.1, 0.15) is 12.4 Å². The lowest BCUT2D eigenvalue weighted by Gasteiger charge is -2.24. The maximum absolute atomic E-state index is 12.5. The van der Waals surface area contributed by atoms with Crippen molar-refractivity contribution < 1.29 is 37.3 Å². The topological polar surface area (TPSA) is 100 Å². The van der Waals surface area contributed by atoms with Crippen LogP contribution in [-0.4, -0.2) is 47.4 Å². The molecule has 3 aromatic carbocycles. The van der Waals surface area contributed by atoms with Crippen molar-refractivity contribution >= 4 is 23.6 Å². The molecule has 1 heterocycles. The van der Waals surface area contributed by atoms with Crippen molar-refractivity contribution in [1.82, 2.24) is 10.2 Å². The second-order valence-electron chi connectivity index (χ2n) is 8.40. The van der Waals surface area contributed by atoms with E-state index in [2.05, 4.69) is 15.0 Å². The fraction of sp³-hybridized carbons (Fsp3) is 0.222. The Kier molecular flexibility index (Phi) is 8.15. The maximum Gasteiger partial charge on any atom is 0.573 e. The van der Waals surface area contributed by atoms with Gasteiger partial charge in [0, 0.05) is 18.7 Å². The minimum Gasteiger partial charge on any atom is -0.481 e. The fourth-order valence-corrected chi connectivity index (χ4v) is 3.86. The number of nitrogens with one attached hydrogen (secondary N) is 1. The highest BCUT2D eigenvalue weighted by Gasteiger charge is 2.33. The molecule has 0 aliphatic carbocycles. The number of halogens is 3. The lowest BCUT2D eigenvalue weighted by molar-refractivity contribution is -0.274. The fourth-order valence-electron chi connectivity index (χ4n) is 3.86. The first kappa shape index (κ1) is 26.5. The van der Waals surface area contributed by atoms with E-state index in [1.165, 1.54) is 24.3 Å². The van der Waals surface area contributed by atoms with E-state index in [1.54, 1.807) is 24.3 Å². The van der Waals surface area contributed by atoms with E-state index < -0.39 is 12.3 Å². The molecule has 0 bridgehead atoms. The molecule has 1 unspecified atom stereocenters. The van der Waals surface area contributed by atoms with Gasteiger partial charge in [0.2, 0.25) is 0 Å². The number of ether oxygens (including phenoxy) is 2. The molecule has 3 aromatic rings. The summed E-state index contributed by atoms with van der Waals surface area (Å²) < 4.78 is 47.2. The molecule has 8 nitrogen and oxygen atoms in total. The van der Waals surface area contributed by atoms with Crippen LogP contribution in [0.15, 0.2) is 83.9 Å². The molecule has 1 fully saturated rings. The number of hydrogen-bond acceptors (Lipinski definition) is 5. The molecule has 1 saturated heterocycles. The summed E-state index contributed by atoms with van der Waals surface area (Å²) in [6.07, 6.45) is -4.95. The van der Waals surface area contributed by atoms with Crippen LogP contribution in [0.2, 0.25) is 0 Å². The van der Waals surface area contributed by atoms with Gasteiger partial charge in [-0.1, -0.05) is 42.5 Å². The van der Waals surface area contributed by atoms with Gasteiger partial charge >= 0.3 is 12.3 Å². The van der Waals surface area contributed by atoms with Gasteiger partial charge in [0.25, 0.3) is 11.9 Å². The van der Waals surface area contributed by atoms with Gasteiger partial charge in [0.05, 0.1) is 18.2 Å².